The first-order valence-electron chi connectivity index (χ1n) is 13.0. The minimum Gasteiger partial charge on any atom is -0.493 e. The number of hydrogen-bond donors (Lipinski definition) is 3. The van der Waals surface area contributed by atoms with Gasteiger partial charge in [-0.25, -0.2) is 17.6 Å². The largest absolute Gasteiger partial charge is 0.493 e. The lowest BCUT2D eigenvalue weighted by Crippen LogP contribution is -2.43. The number of alkyl halides is 2. The van der Waals surface area contributed by atoms with Gasteiger partial charge in [0.05, 0.1) is 18.2 Å². The Bertz CT molecular complexity index is 1540. The maximum absolute atomic E-state index is 15.1. The number of halogens is 4. The van der Waals surface area contributed by atoms with Crippen molar-refractivity contribution in [3.05, 3.63) is 72.2 Å². The molecule has 222 valence electrons. The van der Waals surface area contributed by atoms with E-state index in [1.807, 2.05) is 0 Å². The van der Waals surface area contributed by atoms with E-state index in [9.17, 15) is 13.9 Å². The van der Waals surface area contributed by atoms with E-state index >= 15 is 8.78 Å². The van der Waals surface area contributed by atoms with Crippen LogP contribution in [0.2, 0.25) is 0 Å². The summed E-state index contributed by atoms with van der Waals surface area (Å²) in [7, 11) is 3.26. The number of rotatable bonds is 12. The Morgan fingerprint density at radius 3 is 2.45 bits per heavy atom. The zero-order chi connectivity index (χ0) is 29.9. The standard InChI is InChI=1S/C29H28F4N4O5/c1-34-7-8-40-26-12-22-18(11-25(26)39-2)23(4-6-36-22)42-27-20(30)9-16(10-21(27)31)37-28(38)19-15-35-5-3-24(19)41-17-13-29(32,33)14-17/h3-6,9-12,15,17,28,34,37-38H,7-8,13-14H2,1-2H3. The van der Waals surface area contributed by atoms with E-state index in [0.29, 0.717) is 35.6 Å². The molecule has 1 aliphatic rings. The van der Waals surface area contributed by atoms with Crippen LogP contribution < -0.4 is 29.6 Å². The highest BCUT2D eigenvalue weighted by molar-refractivity contribution is 5.88. The highest BCUT2D eigenvalue weighted by Gasteiger charge is 2.47. The summed E-state index contributed by atoms with van der Waals surface area (Å²) in [6, 6.07) is 8.02. The summed E-state index contributed by atoms with van der Waals surface area (Å²) < 4.78 is 79.1. The molecule has 0 aliphatic heterocycles. The number of benzene rings is 2. The summed E-state index contributed by atoms with van der Waals surface area (Å²) in [5.74, 6) is -4.47. The van der Waals surface area contributed by atoms with Gasteiger partial charge in [-0.15, -0.1) is 0 Å². The van der Waals surface area contributed by atoms with Crippen LogP contribution in [0.3, 0.4) is 0 Å². The number of aromatic nitrogens is 2. The fraction of sp³-hybridized carbons (Fsp3) is 0.310. The van der Waals surface area contributed by atoms with Gasteiger partial charge >= 0.3 is 0 Å². The Balaban J connectivity index is 1.34. The molecule has 13 heteroatoms. The Morgan fingerprint density at radius 2 is 1.76 bits per heavy atom. The van der Waals surface area contributed by atoms with Crippen LogP contribution in [0, 0.1) is 11.6 Å². The summed E-state index contributed by atoms with van der Waals surface area (Å²) in [5.41, 5.74) is 0.454. The first kappa shape index (κ1) is 29.1. The van der Waals surface area contributed by atoms with E-state index in [2.05, 4.69) is 20.6 Å². The molecule has 1 unspecified atom stereocenters. The van der Waals surface area contributed by atoms with Gasteiger partial charge in [0.25, 0.3) is 5.92 Å². The molecule has 3 N–H and O–H groups in total. The van der Waals surface area contributed by atoms with Gasteiger partial charge in [0.2, 0.25) is 0 Å². The minimum atomic E-state index is -2.79. The van der Waals surface area contributed by atoms with E-state index < -0.39 is 48.5 Å². The molecule has 2 aromatic carbocycles. The minimum absolute atomic E-state index is 0.111. The number of methoxy groups -OCH3 is 1. The number of aliphatic hydroxyl groups is 1. The van der Waals surface area contributed by atoms with Crippen molar-refractivity contribution in [1.82, 2.24) is 15.3 Å². The van der Waals surface area contributed by atoms with Crippen LogP contribution in [0.15, 0.2) is 55.0 Å². The van der Waals surface area contributed by atoms with Gasteiger partial charge in [0, 0.05) is 67.2 Å². The summed E-state index contributed by atoms with van der Waals surface area (Å²) in [6.07, 6.45) is 0.963. The molecular formula is C29H28F4N4O5. The van der Waals surface area contributed by atoms with Crippen molar-refractivity contribution >= 4 is 16.6 Å². The Kier molecular flexibility index (Phi) is 8.50. The van der Waals surface area contributed by atoms with Crippen LogP contribution >= 0.6 is 0 Å². The molecule has 1 atom stereocenters. The van der Waals surface area contributed by atoms with Crippen LogP contribution in [0.4, 0.5) is 23.2 Å². The Morgan fingerprint density at radius 1 is 1.02 bits per heavy atom. The van der Waals surface area contributed by atoms with Gasteiger partial charge in [0.15, 0.2) is 35.1 Å². The number of hydrogen-bond acceptors (Lipinski definition) is 9. The van der Waals surface area contributed by atoms with Crippen LogP contribution in [0.1, 0.15) is 24.6 Å². The van der Waals surface area contributed by atoms with Crippen molar-refractivity contribution < 1.29 is 41.6 Å². The average molecular weight is 589 g/mol. The van der Waals surface area contributed by atoms with Crippen molar-refractivity contribution in [3.63, 3.8) is 0 Å². The number of aliphatic hydroxyl groups excluding tert-OH is 1. The monoisotopic (exact) mass is 588 g/mol. The first-order chi connectivity index (χ1) is 20.2. The van der Waals surface area contributed by atoms with Crippen molar-refractivity contribution in [1.29, 1.82) is 0 Å². The predicted octanol–water partition coefficient (Wildman–Crippen LogP) is 5.59. The van der Waals surface area contributed by atoms with Crippen LogP contribution in [0.25, 0.3) is 10.9 Å². The molecule has 0 bridgehead atoms. The molecule has 1 fully saturated rings. The molecule has 1 aliphatic carbocycles. The number of anilines is 1. The van der Waals surface area contributed by atoms with Gasteiger partial charge in [-0.3, -0.25) is 9.97 Å². The number of ether oxygens (including phenoxy) is 4. The van der Waals surface area contributed by atoms with Gasteiger partial charge in [0.1, 0.15) is 24.2 Å². The van der Waals surface area contributed by atoms with E-state index in [1.54, 1.807) is 19.2 Å². The number of fused-ring (bicyclic) bond motifs is 1. The highest BCUT2D eigenvalue weighted by Crippen LogP contribution is 2.41. The van der Waals surface area contributed by atoms with Crippen LogP contribution in [0.5, 0.6) is 28.7 Å². The Hall–Kier alpha value is -4.36. The molecule has 2 aromatic heterocycles. The van der Waals surface area contributed by atoms with E-state index in [1.165, 1.54) is 37.8 Å². The van der Waals surface area contributed by atoms with E-state index in [4.69, 9.17) is 18.9 Å². The van der Waals surface area contributed by atoms with E-state index in [0.717, 1.165) is 12.1 Å². The van der Waals surface area contributed by atoms with Crippen molar-refractivity contribution in [3.8, 4) is 28.7 Å². The molecule has 1 saturated carbocycles. The number of nitrogens with zero attached hydrogens (tertiary/aromatic N) is 2. The lowest BCUT2D eigenvalue weighted by atomic mass is 9.91. The van der Waals surface area contributed by atoms with Crippen LogP contribution in [-0.4, -0.2) is 54.4 Å². The molecular weight excluding hydrogens is 560 g/mol. The fourth-order valence-electron chi connectivity index (χ4n) is 4.41. The topological polar surface area (TPSA) is 107 Å². The van der Waals surface area contributed by atoms with Gasteiger partial charge in [-0.2, -0.15) is 0 Å². The quantitative estimate of drug-likeness (QED) is 0.111. The summed E-state index contributed by atoms with van der Waals surface area (Å²) in [5, 5.41) is 16.7. The van der Waals surface area contributed by atoms with Gasteiger partial charge in [-0.1, -0.05) is 0 Å². The predicted molar refractivity (Wildman–Crippen MR) is 146 cm³/mol. The zero-order valence-corrected chi connectivity index (χ0v) is 22.7. The third-order valence-electron chi connectivity index (χ3n) is 6.56. The number of nitrogens with one attached hydrogen (secondary N) is 2. The molecule has 5 rings (SSSR count). The maximum Gasteiger partial charge on any atom is 0.255 e. The summed E-state index contributed by atoms with van der Waals surface area (Å²) >= 11 is 0. The lowest BCUT2D eigenvalue weighted by Gasteiger charge is -2.35. The van der Waals surface area contributed by atoms with Crippen molar-refractivity contribution in [2.75, 3.05) is 32.6 Å². The third-order valence-corrected chi connectivity index (χ3v) is 6.56. The van der Waals surface area contributed by atoms with Crippen molar-refractivity contribution in [2.45, 2.75) is 31.1 Å². The lowest BCUT2D eigenvalue weighted by molar-refractivity contribution is -0.134. The number of pyridine rings is 2. The number of likely N-dealkylation sites (N-methyl/N-ethyl adjacent to an activating group) is 1. The normalized spacial score (nSPS) is 15.1. The molecule has 2 heterocycles. The molecule has 0 spiro atoms. The maximum atomic E-state index is 15.1. The first-order valence-corrected chi connectivity index (χ1v) is 13.0. The molecule has 4 aromatic rings. The average Bonchev–Trinajstić information content (AvgIpc) is 2.94. The second-order valence-electron chi connectivity index (χ2n) is 9.62. The molecule has 0 radical (unpaired) electrons. The molecule has 9 nitrogen and oxygen atoms in total. The summed E-state index contributed by atoms with van der Waals surface area (Å²) in [4.78, 5) is 8.22. The fourth-order valence-corrected chi connectivity index (χ4v) is 4.41. The highest BCUT2D eigenvalue weighted by atomic mass is 19.3. The van der Waals surface area contributed by atoms with Crippen LogP contribution in [-0.2, 0) is 0 Å². The zero-order valence-electron chi connectivity index (χ0n) is 22.7. The van der Waals surface area contributed by atoms with E-state index in [-0.39, 0.29) is 22.7 Å². The molecule has 0 saturated heterocycles. The van der Waals surface area contributed by atoms with Crippen molar-refractivity contribution in [2.24, 2.45) is 0 Å². The third kappa shape index (κ3) is 6.42. The van der Waals surface area contributed by atoms with Gasteiger partial charge < -0.3 is 34.7 Å². The van der Waals surface area contributed by atoms with Gasteiger partial charge in [-0.05, 0) is 25.2 Å². The summed E-state index contributed by atoms with van der Waals surface area (Å²) in [6.45, 7) is 0.992. The second-order valence-corrected chi connectivity index (χ2v) is 9.62. The molecule has 0 amide bonds. The molecule has 42 heavy (non-hydrogen) atoms. The SMILES string of the molecule is CNCCOc1cc2nccc(Oc3c(F)cc(NC(O)c4cnccc4OC4CC(F)(F)C4)cc3F)c2cc1OC. The smallest absolute Gasteiger partial charge is 0.255 e. The second kappa shape index (κ2) is 12.2. The Labute approximate surface area is 238 Å².